The summed E-state index contributed by atoms with van der Waals surface area (Å²) in [7, 11) is 0. The van der Waals surface area contributed by atoms with Crippen molar-refractivity contribution in [2.45, 2.75) is 29.1 Å². The van der Waals surface area contributed by atoms with Crippen molar-refractivity contribution >= 4 is 11.8 Å². The smallest absolute Gasteiger partial charge is 0.0995 e. The fraction of sp³-hybridized carbons (Fsp3) is 0.0938. The van der Waals surface area contributed by atoms with E-state index >= 15 is 0 Å². The summed E-state index contributed by atoms with van der Waals surface area (Å²) in [5, 5.41) is 19.3. The van der Waals surface area contributed by atoms with E-state index in [1.807, 2.05) is 48.5 Å². The van der Waals surface area contributed by atoms with Gasteiger partial charge in [0.05, 0.1) is 23.0 Å². The molecule has 1 aliphatic heterocycles. The fourth-order valence-electron chi connectivity index (χ4n) is 5.11. The molecule has 0 bridgehead atoms. The van der Waals surface area contributed by atoms with E-state index in [0.717, 1.165) is 44.1 Å². The maximum Gasteiger partial charge on any atom is 0.0995 e. The van der Waals surface area contributed by atoms with Crippen LogP contribution >= 0.6 is 11.8 Å². The zero-order valence-electron chi connectivity index (χ0n) is 20.1. The van der Waals surface area contributed by atoms with Crippen LogP contribution in [0.15, 0.2) is 113 Å². The first kappa shape index (κ1) is 22.3. The summed E-state index contributed by atoms with van der Waals surface area (Å²) in [5.74, 6) is 0. The highest BCUT2D eigenvalue weighted by Gasteiger charge is 2.35. The topological polar surface area (TPSA) is 49.6 Å². The predicted octanol–water partition coefficient (Wildman–Crippen LogP) is 8.14. The van der Waals surface area contributed by atoms with E-state index in [9.17, 15) is 5.26 Å². The first-order valence-corrected chi connectivity index (χ1v) is 12.7. The van der Waals surface area contributed by atoms with Crippen molar-refractivity contribution in [2.75, 3.05) is 0 Å². The summed E-state index contributed by atoms with van der Waals surface area (Å²) in [6, 6.07) is 37.6. The highest BCUT2D eigenvalue weighted by molar-refractivity contribution is 7.99. The standard InChI is InChI=1S/C32H23N3S/c1-32(2)26-14-8-9-15-29(26)36-30-19-22(18-23(20-33)31(30)32)27-16-17-28(35-34-27)25-13-7-6-12-24(25)21-10-4-3-5-11-21/h3-19H,1-2H3. The molecule has 0 aliphatic carbocycles. The number of nitrogens with zero attached hydrogens (tertiary/aromatic N) is 3. The molecular weight excluding hydrogens is 458 g/mol. The summed E-state index contributed by atoms with van der Waals surface area (Å²) in [6.07, 6.45) is 0. The van der Waals surface area contributed by atoms with Crippen LogP contribution in [-0.4, -0.2) is 10.2 Å². The van der Waals surface area contributed by atoms with Crippen LogP contribution in [0.3, 0.4) is 0 Å². The molecular formula is C32H23N3S. The van der Waals surface area contributed by atoms with Gasteiger partial charge in [-0.05, 0) is 52.6 Å². The SMILES string of the molecule is CC1(C)c2ccccc2Sc2cc(-c3ccc(-c4ccccc4-c4ccccc4)nn3)cc(C#N)c21. The number of hydrogen-bond donors (Lipinski definition) is 0. The van der Waals surface area contributed by atoms with Gasteiger partial charge in [0, 0.05) is 26.3 Å². The van der Waals surface area contributed by atoms with Gasteiger partial charge in [-0.25, -0.2) is 0 Å². The van der Waals surface area contributed by atoms with Gasteiger partial charge >= 0.3 is 0 Å². The van der Waals surface area contributed by atoms with Crippen molar-refractivity contribution in [3.63, 3.8) is 0 Å². The van der Waals surface area contributed by atoms with Crippen LogP contribution in [0, 0.1) is 11.3 Å². The quantitative estimate of drug-likeness (QED) is 0.261. The van der Waals surface area contributed by atoms with Crippen molar-refractivity contribution < 1.29 is 0 Å². The Kier molecular flexibility index (Phi) is 5.44. The Balaban J connectivity index is 1.41. The lowest BCUT2D eigenvalue weighted by Crippen LogP contribution is -2.25. The van der Waals surface area contributed by atoms with Crippen LogP contribution in [0.4, 0.5) is 0 Å². The number of nitriles is 1. The molecule has 0 atom stereocenters. The molecule has 6 rings (SSSR count). The van der Waals surface area contributed by atoms with Crippen LogP contribution in [0.2, 0.25) is 0 Å². The molecule has 0 spiro atoms. The predicted molar refractivity (Wildman–Crippen MR) is 146 cm³/mol. The van der Waals surface area contributed by atoms with Crippen LogP contribution < -0.4 is 0 Å². The molecule has 5 aromatic rings. The van der Waals surface area contributed by atoms with E-state index in [1.54, 1.807) is 11.8 Å². The maximum absolute atomic E-state index is 10.1. The van der Waals surface area contributed by atoms with Gasteiger partial charge < -0.3 is 0 Å². The van der Waals surface area contributed by atoms with Gasteiger partial charge in [-0.15, -0.1) is 10.2 Å². The third-order valence-corrected chi connectivity index (χ3v) is 7.99. The number of hydrogen-bond acceptors (Lipinski definition) is 4. The molecule has 2 heterocycles. The number of rotatable bonds is 3. The normalized spacial score (nSPS) is 13.4. The number of aromatic nitrogens is 2. The first-order chi connectivity index (χ1) is 17.6. The molecule has 0 radical (unpaired) electrons. The van der Waals surface area contributed by atoms with Crippen LogP contribution in [0.25, 0.3) is 33.6 Å². The molecule has 4 aromatic carbocycles. The van der Waals surface area contributed by atoms with E-state index in [0.29, 0.717) is 5.56 Å². The second-order valence-electron chi connectivity index (χ2n) is 9.45. The molecule has 0 N–H and O–H groups in total. The third-order valence-electron chi connectivity index (χ3n) is 6.88. The number of fused-ring (bicyclic) bond motifs is 2. The molecule has 0 unspecified atom stereocenters. The van der Waals surface area contributed by atoms with Crippen molar-refractivity contribution in [3.8, 4) is 39.7 Å². The Morgan fingerprint density at radius 1 is 0.667 bits per heavy atom. The van der Waals surface area contributed by atoms with Crippen LogP contribution in [0.1, 0.15) is 30.5 Å². The lowest BCUT2D eigenvalue weighted by atomic mass is 9.75. The second-order valence-corrected chi connectivity index (χ2v) is 10.5. The largest absolute Gasteiger partial charge is 0.192 e. The minimum absolute atomic E-state index is 0.253. The van der Waals surface area contributed by atoms with E-state index in [1.165, 1.54) is 10.5 Å². The Morgan fingerprint density at radius 2 is 1.33 bits per heavy atom. The molecule has 4 heteroatoms. The van der Waals surface area contributed by atoms with Gasteiger partial charge in [0.25, 0.3) is 0 Å². The lowest BCUT2D eigenvalue weighted by molar-refractivity contribution is 0.605. The van der Waals surface area contributed by atoms with E-state index in [4.69, 9.17) is 0 Å². The van der Waals surface area contributed by atoms with Gasteiger partial charge in [-0.1, -0.05) is 98.4 Å². The average Bonchev–Trinajstić information content (AvgIpc) is 2.93. The molecule has 0 saturated heterocycles. The monoisotopic (exact) mass is 481 g/mol. The van der Waals surface area contributed by atoms with Crippen molar-refractivity contribution in [3.05, 3.63) is 120 Å². The number of benzene rings is 4. The second kappa shape index (κ2) is 8.78. The fourth-order valence-corrected chi connectivity index (χ4v) is 6.58. The van der Waals surface area contributed by atoms with Gasteiger partial charge in [0.15, 0.2) is 0 Å². The Hall–Kier alpha value is -4.20. The summed E-state index contributed by atoms with van der Waals surface area (Å²) in [4.78, 5) is 2.34. The summed E-state index contributed by atoms with van der Waals surface area (Å²) < 4.78 is 0. The van der Waals surface area contributed by atoms with E-state index in [-0.39, 0.29) is 5.41 Å². The molecule has 36 heavy (non-hydrogen) atoms. The third kappa shape index (κ3) is 3.69. The Morgan fingerprint density at radius 3 is 2.08 bits per heavy atom. The summed E-state index contributed by atoms with van der Waals surface area (Å²) >= 11 is 1.72. The van der Waals surface area contributed by atoms with Crippen LogP contribution in [-0.2, 0) is 5.41 Å². The molecule has 3 nitrogen and oxygen atoms in total. The highest BCUT2D eigenvalue weighted by atomic mass is 32.2. The maximum atomic E-state index is 10.1. The zero-order chi connectivity index (χ0) is 24.7. The minimum Gasteiger partial charge on any atom is -0.192 e. The van der Waals surface area contributed by atoms with Crippen LogP contribution in [0.5, 0.6) is 0 Å². The van der Waals surface area contributed by atoms with E-state index in [2.05, 4.69) is 84.7 Å². The van der Waals surface area contributed by atoms with E-state index < -0.39 is 0 Å². The van der Waals surface area contributed by atoms with Gasteiger partial charge in [-0.3, -0.25) is 0 Å². The first-order valence-electron chi connectivity index (χ1n) is 11.9. The van der Waals surface area contributed by atoms with Gasteiger partial charge in [0.2, 0.25) is 0 Å². The molecule has 1 aromatic heterocycles. The molecule has 172 valence electrons. The molecule has 0 saturated carbocycles. The minimum atomic E-state index is -0.253. The Bertz CT molecular complexity index is 1630. The summed E-state index contributed by atoms with van der Waals surface area (Å²) in [6.45, 7) is 4.40. The van der Waals surface area contributed by atoms with Gasteiger partial charge in [0.1, 0.15) is 0 Å². The average molecular weight is 482 g/mol. The molecule has 0 amide bonds. The zero-order valence-corrected chi connectivity index (χ0v) is 20.9. The molecule has 1 aliphatic rings. The highest BCUT2D eigenvalue weighted by Crippen LogP contribution is 2.51. The lowest BCUT2D eigenvalue weighted by Gasteiger charge is -2.35. The van der Waals surface area contributed by atoms with Crippen molar-refractivity contribution in [1.82, 2.24) is 10.2 Å². The van der Waals surface area contributed by atoms with Crippen molar-refractivity contribution in [2.24, 2.45) is 0 Å². The Labute approximate surface area is 215 Å². The summed E-state index contributed by atoms with van der Waals surface area (Å²) in [5.41, 5.74) is 8.57. The molecule has 0 fully saturated rings. The van der Waals surface area contributed by atoms with Gasteiger partial charge in [-0.2, -0.15) is 5.26 Å². The van der Waals surface area contributed by atoms with Crippen molar-refractivity contribution in [1.29, 1.82) is 5.26 Å².